The number of nitrogens with zero attached hydrogens (tertiary/aromatic N) is 1. The molecule has 0 aliphatic rings. The number of hydrogen-bond acceptors (Lipinski definition) is 2. The fourth-order valence-electron chi connectivity index (χ4n) is 4.22. The summed E-state index contributed by atoms with van der Waals surface area (Å²) in [7, 11) is 0. The molecule has 0 bridgehead atoms. The zero-order valence-electron chi connectivity index (χ0n) is 13.7. The van der Waals surface area contributed by atoms with E-state index < -0.39 is 0 Å². The molecule has 0 aliphatic heterocycles. The van der Waals surface area contributed by atoms with E-state index in [1.807, 2.05) is 18.2 Å². The summed E-state index contributed by atoms with van der Waals surface area (Å²) in [5.41, 5.74) is 1.50. The van der Waals surface area contributed by atoms with Crippen LogP contribution in [0.4, 0.5) is 5.69 Å². The van der Waals surface area contributed by atoms with Crippen molar-refractivity contribution in [3.05, 3.63) is 76.3 Å². The maximum absolute atomic E-state index is 11.5. The molecule has 3 nitrogen and oxygen atoms in total. The first-order valence-electron chi connectivity index (χ1n) is 8.46. The second-order valence-corrected chi connectivity index (χ2v) is 6.47. The first-order valence-corrected chi connectivity index (χ1v) is 8.46. The van der Waals surface area contributed by atoms with Crippen molar-refractivity contribution in [3.8, 4) is 0 Å². The maximum atomic E-state index is 11.5. The zero-order chi connectivity index (χ0) is 17.1. The smallest absolute Gasteiger partial charge is 0.258 e. The van der Waals surface area contributed by atoms with Gasteiger partial charge >= 0.3 is 0 Å². The number of nitro benzene ring substituents is 1. The van der Waals surface area contributed by atoms with E-state index in [4.69, 9.17) is 0 Å². The lowest BCUT2D eigenvalue weighted by Crippen LogP contribution is -1.93. The predicted molar refractivity (Wildman–Crippen MR) is 104 cm³/mol. The Balaban J connectivity index is 2.16. The second kappa shape index (κ2) is 4.90. The minimum atomic E-state index is -0.292. The molecule has 5 rings (SSSR count). The molecule has 0 aliphatic carbocycles. The highest BCUT2D eigenvalue weighted by atomic mass is 16.6. The van der Waals surface area contributed by atoms with Crippen LogP contribution in [-0.4, -0.2) is 4.92 Å². The summed E-state index contributed by atoms with van der Waals surface area (Å²) in [6.45, 7) is 2.17. The minimum absolute atomic E-state index is 0.168. The normalized spacial score (nSPS) is 11.9. The van der Waals surface area contributed by atoms with E-state index in [2.05, 4.69) is 43.3 Å². The molecule has 0 spiro atoms. The van der Waals surface area contributed by atoms with Gasteiger partial charge in [-0.25, -0.2) is 0 Å². The Morgan fingerprint density at radius 2 is 1.24 bits per heavy atom. The second-order valence-electron chi connectivity index (χ2n) is 6.47. The summed E-state index contributed by atoms with van der Waals surface area (Å²) in [5, 5.41) is 20.2. The van der Waals surface area contributed by atoms with E-state index in [-0.39, 0.29) is 10.6 Å². The Kier molecular flexibility index (Phi) is 2.78. The molecule has 0 radical (unpaired) electrons. The summed E-state index contributed by atoms with van der Waals surface area (Å²) < 4.78 is 0. The molecule has 3 heteroatoms. The van der Waals surface area contributed by atoms with E-state index in [0.717, 1.165) is 22.6 Å². The standard InChI is InChI=1S/C22H15NO2/c1-2-13-9-10-17-16-7-4-8-19-20(23(24)25)12-11-18(22(16)19)15-6-3-5-14(13)21(15)17/h3-12H,2H2,1H3. The van der Waals surface area contributed by atoms with Crippen LogP contribution in [0, 0.1) is 10.1 Å². The van der Waals surface area contributed by atoms with Gasteiger partial charge in [0.15, 0.2) is 0 Å². The SMILES string of the molecule is CCc1ccc2c3cccc4c([N+](=O)[O-])ccc(c5cccc1c25)c43. The molecule has 0 aromatic heterocycles. The Bertz CT molecular complexity index is 1280. The van der Waals surface area contributed by atoms with Crippen LogP contribution < -0.4 is 0 Å². The quantitative estimate of drug-likeness (QED) is 0.168. The van der Waals surface area contributed by atoms with Crippen molar-refractivity contribution < 1.29 is 4.92 Å². The average molecular weight is 325 g/mol. The number of hydrogen-bond donors (Lipinski definition) is 0. The number of nitro groups is 1. The highest BCUT2D eigenvalue weighted by molar-refractivity contribution is 6.33. The van der Waals surface area contributed by atoms with Gasteiger partial charge in [-0.2, -0.15) is 0 Å². The largest absolute Gasteiger partial charge is 0.277 e. The van der Waals surface area contributed by atoms with Crippen LogP contribution in [0.1, 0.15) is 12.5 Å². The summed E-state index contributed by atoms with van der Waals surface area (Å²) in [5.74, 6) is 0. The number of fused-ring (bicyclic) bond motifs is 2. The van der Waals surface area contributed by atoms with Gasteiger partial charge in [-0.15, -0.1) is 0 Å². The van der Waals surface area contributed by atoms with E-state index in [9.17, 15) is 10.1 Å². The third kappa shape index (κ3) is 1.75. The third-order valence-corrected chi connectivity index (χ3v) is 5.31. The van der Waals surface area contributed by atoms with Gasteiger partial charge in [-0.05, 0) is 56.4 Å². The molecule has 0 unspecified atom stereocenters. The zero-order valence-corrected chi connectivity index (χ0v) is 13.7. The summed E-state index contributed by atoms with van der Waals surface area (Å²) in [4.78, 5) is 11.2. The molecule has 0 atom stereocenters. The van der Waals surface area contributed by atoms with Crippen molar-refractivity contribution in [3.63, 3.8) is 0 Å². The molecule has 0 saturated heterocycles. The van der Waals surface area contributed by atoms with E-state index in [1.54, 1.807) is 6.07 Å². The van der Waals surface area contributed by atoms with Crippen molar-refractivity contribution in [2.75, 3.05) is 0 Å². The summed E-state index contributed by atoms with van der Waals surface area (Å²) in [6.07, 6.45) is 0.984. The lowest BCUT2D eigenvalue weighted by atomic mass is 9.87. The van der Waals surface area contributed by atoms with E-state index in [1.165, 1.54) is 27.1 Å². The summed E-state index contributed by atoms with van der Waals surface area (Å²) >= 11 is 0. The average Bonchev–Trinajstić information content (AvgIpc) is 2.65. The van der Waals surface area contributed by atoms with Gasteiger partial charge in [0.25, 0.3) is 5.69 Å². The van der Waals surface area contributed by atoms with Gasteiger partial charge in [0, 0.05) is 11.5 Å². The molecular weight excluding hydrogens is 310 g/mol. The Labute approximate surface area is 144 Å². The van der Waals surface area contributed by atoms with Gasteiger partial charge in [-0.3, -0.25) is 10.1 Å². The lowest BCUT2D eigenvalue weighted by molar-refractivity contribution is -0.383. The van der Waals surface area contributed by atoms with Gasteiger partial charge in [0.1, 0.15) is 0 Å². The van der Waals surface area contributed by atoms with Gasteiger partial charge < -0.3 is 0 Å². The van der Waals surface area contributed by atoms with Gasteiger partial charge in [-0.1, -0.05) is 49.4 Å². The highest BCUT2D eigenvalue weighted by Gasteiger charge is 2.18. The van der Waals surface area contributed by atoms with Crippen molar-refractivity contribution in [1.29, 1.82) is 0 Å². The molecule has 0 amide bonds. The van der Waals surface area contributed by atoms with Crippen LogP contribution in [-0.2, 0) is 6.42 Å². The van der Waals surface area contributed by atoms with Gasteiger partial charge in [0.05, 0.1) is 10.3 Å². The number of rotatable bonds is 2. The first kappa shape index (κ1) is 14.2. The molecule has 0 N–H and O–H groups in total. The monoisotopic (exact) mass is 325 g/mol. The number of aryl methyl sites for hydroxylation is 1. The van der Waals surface area contributed by atoms with Crippen LogP contribution in [0.2, 0.25) is 0 Å². The fourth-order valence-corrected chi connectivity index (χ4v) is 4.22. The van der Waals surface area contributed by atoms with E-state index in [0.29, 0.717) is 5.39 Å². The molecule has 0 fully saturated rings. The minimum Gasteiger partial charge on any atom is -0.258 e. The maximum Gasteiger partial charge on any atom is 0.277 e. The molecule has 25 heavy (non-hydrogen) atoms. The Morgan fingerprint density at radius 1 is 0.720 bits per heavy atom. The van der Waals surface area contributed by atoms with Crippen LogP contribution in [0.25, 0.3) is 43.1 Å². The molecule has 0 heterocycles. The van der Waals surface area contributed by atoms with Crippen molar-refractivity contribution >= 4 is 48.8 Å². The fraction of sp³-hybridized carbons (Fsp3) is 0.0909. The van der Waals surface area contributed by atoms with Crippen LogP contribution in [0.15, 0.2) is 60.7 Å². The summed E-state index contributed by atoms with van der Waals surface area (Å²) in [6, 6.07) is 20.1. The van der Waals surface area contributed by atoms with Crippen LogP contribution in [0.3, 0.4) is 0 Å². The molecule has 5 aromatic rings. The van der Waals surface area contributed by atoms with Crippen molar-refractivity contribution in [2.24, 2.45) is 0 Å². The molecule has 5 aromatic carbocycles. The Hall–Kier alpha value is -3.20. The molecule has 0 saturated carbocycles. The van der Waals surface area contributed by atoms with Crippen molar-refractivity contribution in [1.82, 2.24) is 0 Å². The predicted octanol–water partition coefficient (Wildman–Crippen LogP) is 6.21. The molecular formula is C22H15NO2. The van der Waals surface area contributed by atoms with Gasteiger partial charge in [0.2, 0.25) is 0 Å². The van der Waals surface area contributed by atoms with E-state index >= 15 is 0 Å². The molecule has 120 valence electrons. The first-order chi connectivity index (χ1) is 12.2. The highest BCUT2D eigenvalue weighted by Crippen LogP contribution is 2.43. The lowest BCUT2D eigenvalue weighted by Gasteiger charge is -2.15. The van der Waals surface area contributed by atoms with Crippen molar-refractivity contribution in [2.45, 2.75) is 13.3 Å². The Morgan fingerprint density at radius 3 is 1.88 bits per heavy atom. The van der Waals surface area contributed by atoms with Crippen LogP contribution in [0.5, 0.6) is 0 Å². The number of non-ortho nitro benzene ring substituents is 1. The third-order valence-electron chi connectivity index (χ3n) is 5.31. The topological polar surface area (TPSA) is 43.1 Å². The van der Waals surface area contributed by atoms with Crippen LogP contribution >= 0.6 is 0 Å². The number of benzene rings is 5.